The van der Waals surface area contributed by atoms with Gasteiger partial charge in [0.05, 0.1) is 19.0 Å². The van der Waals surface area contributed by atoms with Crippen LogP contribution in [-0.2, 0) is 6.54 Å². The third kappa shape index (κ3) is 3.83. The fourth-order valence-corrected chi connectivity index (χ4v) is 1.96. The number of ether oxygens (including phenoxy) is 1. The number of benzene rings is 1. The van der Waals surface area contributed by atoms with E-state index < -0.39 is 6.10 Å². The van der Waals surface area contributed by atoms with E-state index in [4.69, 9.17) is 4.74 Å². The SMILES string of the molecule is Cc1ccc([C@H](C)O)c(OCCCn2ccnc2)c1. The van der Waals surface area contributed by atoms with E-state index in [1.54, 1.807) is 19.4 Å². The maximum absolute atomic E-state index is 9.71. The van der Waals surface area contributed by atoms with E-state index in [0.29, 0.717) is 6.61 Å². The minimum atomic E-state index is -0.510. The summed E-state index contributed by atoms with van der Waals surface area (Å²) in [4.78, 5) is 4.00. The van der Waals surface area contributed by atoms with E-state index in [0.717, 1.165) is 29.8 Å². The largest absolute Gasteiger partial charge is 0.493 e. The molecule has 0 fully saturated rings. The Morgan fingerprint density at radius 1 is 1.42 bits per heavy atom. The first-order valence-corrected chi connectivity index (χ1v) is 6.54. The standard InChI is InChI=1S/C15H20N2O2/c1-12-4-5-14(13(2)18)15(10-12)19-9-3-7-17-8-6-16-11-17/h4-6,8,10-11,13,18H,3,7,9H2,1-2H3/t13-/m0/s1. The van der Waals surface area contributed by atoms with Gasteiger partial charge < -0.3 is 14.4 Å². The zero-order valence-electron chi connectivity index (χ0n) is 11.4. The van der Waals surface area contributed by atoms with E-state index in [-0.39, 0.29) is 0 Å². The zero-order chi connectivity index (χ0) is 13.7. The number of hydrogen-bond donors (Lipinski definition) is 1. The average Bonchev–Trinajstić information content (AvgIpc) is 2.87. The molecule has 0 radical (unpaired) electrons. The molecule has 2 rings (SSSR count). The summed E-state index contributed by atoms with van der Waals surface area (Å²) >= 11 is 0. The molecular formula is C15H20N2O2. The second kappa shape index (κ2) is 6.38. The van der Waals surface area contributed by atoms with Gasteiger partial charge in [-0.1, -0.05) is 12.1 Å². The highest BCUT2D eigenvalue weighted by Crippen LogP contribution is 2.26. The van der Waals surface area contributed by atoms with E-state index in [1.165, 1.54) is 0 Å². The van der Waals surface area contributed by atoms with Crippen molar-refractivity contribution >= 4 is 0 Å². The van der Waals surface area contributed by atoms with Crippen molar-refractivity contribution < 1.29 is 9.84 Å². The molecule has 0 spiro atoms. The van der Waals surface area contributed by atoms with Crippen LogP contribution in [0.25, 0.3) is 0 Å². The van der Waals surface area contributed by atoms with Gasteiger partial charge in [-0.3, -0.25) is 0 Å². The molecule has 102 valence electrons. The smallest absolute Gasteiger partial charge is 0.125 e. The molecule has 1 aromatic heterocycles. The molecule has 1 heterocycles. The number of aryl methyl sites for hydroxylation is 2. The molecule has 0 amide bonds. The summed E-state index contributed by atoms with van der Waals surface area (Å²) in [7, 11) is 0. The molecule has 0 bridgehead atoms. The van der Waals surface area contributed by atoms with Crippen molar-refractivity contribution in [3.8, 4) is 5.75 Å². The van der Waals surface area contributed by atoms with E-state index in [1.807, 2.05) is 35.9 Å². The first-order valence-electron chi connectivity index (χ1n) is 6.54. The van der Waals surface area contributed by atoms with Gasteiger partial charge in [-0.2, -0.15) is 0 Å². The molecule has 2 aromatic rings. The van der Waals surface area contributed by atoms with Crippen molar-refractivity contribution in [3.63, 3.8) is 0 Å². The van der Waals surface area contributed by atoms with Crippen LogP contribution in [-0.4, -0.2) is 21.3 Å². The quantitative estimate of drug-likeness (QED) is 0.812. The van der Waals surface area contributed by atoms with Gasteiger partial charge in [0.1, 0.15) is 5.75 Å². The van der Waals surface area contributed by atoms with Crippen LogP contribution in [0.2, 0.25) is 0 Å². The third-order valence-electron chi connectivity index (χ3n) is 3.00. The lowest BCUT2D eigenvalue weighted by Crippen LogP contribution is -2.05. The average molecular weight is 260 g/mol. The van der Waals surface area contributed by atoms with Crippen molar-refractivity contribution in [3.05, 3.63) is 48.0 Å². The van der Waals surface area contributed by atoms with Crippen LogP contribution in [0.3, 0.4) is 0 Å². The molecule has 0 unspecified atom stereocenters. The Balaban J connectivity index is 1.89. The summed E-state index contributed by atoms with van der Waals surface area (Å²) in [5.41, 5.74) is 1.97. The zero-order valence-corrected chi connectivity index (χ0v) is 11.4. The topological polar surface area (TPSA) is 47.3 Å². The minimum absolute atomic E-state index is 0.510. The van der Waals surface area contributed by atoms with Crippen LogP contribution >= 0.6 is 0 Å². The Bertz CT molecular complexity index is 507. The van der Waals surface area contributed by atoms with E-state index in [9.17, 15) is 5.11 Å². The number of nitrogens with zero attached hydrogens (tertiary/aromatic N) is 2. The summed E-state index contributed by atoms with van der Waals surface area (Å²) in [6, 6.07) is 5.88. The summed E-state index contributed by atoms with van der Waals surface area (Å²) in [6.45, 7) is 5.28. The summed E-state index contributed by atoms with van der Waals surface area (Å²) < 4.78 is 7.81. The van der Waals surface area contributed by atoms with Gasteiger partial charge >= 0.3 is 0 Å². The molecule has 1 N–H and O–H groups in total. The Kier molecular flexibility index (Phi) is 4.58. The Morgan fingerprint density at radius 2 is 2.26 bits per heavy atom. The molecule has 19 heavy (non-hydrogen) atoms. The normalized spacial score (nSPS) is 12.4. The molecular weight excluding hydrogens is 240 g/mol. The van der Waals surface area contributed by atoms with Crippen LogP contribution < -0.4 is 4.74 Å². The van der Waals surface area contributed by atoms with Crippen LogP contribution in [0.5, 0.6) is 5.75 Å². The minimum Gasteiger partial charge on any atom is -0.493 e. The van der Waals surface area contributed by atoms with Crippen molar-refractivity contribution in [1.29, 1.82) is 0 Å². The number of imidazole rings is 1. The second-order valence-corrected chi connectivity index (χ2v) is 4.72. The Labute approximate surface area is 113 Å². The summed E-state index contributed by atoms with van der Waals surface area (Å²) in [5, 5.41) is 9.71. The van der Waals surface area contributed by atoms with Crippen LogP contribution in [0.1, 0.15) is 30.6 Å². The Hall–Kier alpha value is -1.81. The number of rotatable bonds is 6. The van der Waals surface area contributed by atoms with Crippen molar-refractivity contribution in [1.82, 2.24) is 9.55 Å². The molecule has 0 saturated heterocycles. The highest BCUT2D eigenvalue weighted by atomic mass is 16.5. The maximum atomic E-state index is 9.71. The van der Waals surface area contributed by atoms with Gasteiger partial charge in [0.2, 0.25) is 0 Å². The molecule has 4 heteroatoms. The molecule has 1 aromatic carbocycles. The predicted molar refractivity (Wildman–Crippen MR) is 74.2 cm³/mol. The van der Waals surface area contributed by atoms with Crippen molar-refractivity contribution in [2.24, 2.45) is 0 Å². The summed E-state index contributed by atoms with van der Waals surface area (Å²) in [6.07, 6.45) is 5.91. The highest BCUT2D eigenvalue weighted by Gasteiger charge is 2.09. The summed E-state index contributed by atoms with van der Waals surface area (Å²) in [5.74, 6) is 0.778. The van der Waals surface area contributed by atoms with Crippen molar-refractivity contribution in [2.75, 3.05) is 6.61 Å². The van der Waals surface area contributed by atoms with E-state index in [2.05, 4.69) is 4.98 Å². The maximum Gasteiger partial charge on any atom is 0.125 e. The van der Waals surface area contributed by atoms with Gasteiger partial charge in [0.15, 0.2) is 0 Å². The first kappa shape index (κ1) is 13.6. The Morgan fingerprint density at radius 3 is 2.95 bits per heavy atom. The first-order chi connectivity index (χ1) is 9.16. The molecule has 0 aliphatic heterocycles. The lowest BCUT2D eigenvalue weighted by molar-refractivity contribution is 0.190. The number of aliphatic hydroxyl groups excluding tert-OH is 1. The lowest BCUT2D eigenvalue weighted by Gasteiger charge is -2.14. The fraction of sp³-hybridized carbons (Fsp3) is 0.400. The molecule has 0 aliphatic carbocycles. The van der Waals surface area contributed by atoms with E-state index >= 15 is 0 Å². The van der Waals surface area contributed by atoms with Crippen LogP contribution in [0.4, 0.5) is 0 Å². The van der Waals surface area contributed by atoms with Gasteiger partial charge in [0.25, 0.3) is 0 Å². The van der Waals surface area contributed by atoms with Crippen LogP contribution in [0.15, 0.2) is 36.9 Å². The van der Waals surface area contributed by atoms with Gasteiger partial charge in [-0.25, -0.2) is 4.98 Å². The molecule has 0 aliphatic rings. The number of aromatic nitrogens is 2. The lowest BCUT2D eigenvalue weighted by atomic mass is 10.1. The van der Waals surface area contributed by atoms with Crippen LogP contribution in [0, 0.1) is 6.92 Å². The molecule has 4 nitrogen and oxygen atoms in total. The fourth-order valence-electron chi connectivity index (χ4n) is 1.96. The third-order valence-corrected chi connectivity index (χ3v) is 3.00. The monoisotopic (exact) mass is 260 g/mol. The second-order valence-electron chi connectivity index (χ2n) is 4.72. The highest BCUT2D eigenvalue weighted by molar-refractivity contribution is 5.38. The molecule has 0 saturated carbocycles. The van der Waals surface area contributed by atoms with Gasteiger partial charge in [0, 0.05) is 24.5 Å². The number of aliphatic hydroxyl groups is 1. The van der Waals surface area contributed by atoms with Crippen molar-refractivity contribution in [2.45, 2.75) is 32.9 Å². The van der Waals surface area contributed by atoms with Gasteiger partial charge in [-0.15, -0.1) is 0 Å². The predicted octanol–water partition coefficient (Wildman–Crippen LogP) is 2.71. The number of hydrogen-bond acceptors (Lipinski definition) is 3. The van der Waals surface area contributed by atoms with Gasteiger partial charge in [-0.05, 0) is 31.9 Å². The molecule has 1 atom stereocenters.